The standard InChI is InChI=1S/C15H16FNO3/c1-10(4-6-12-3-2-8-20-12)17-15(19)13-7-5-11(16)9-14(13)18/h2-3,5,7-10,18H,4,6H2,1H3,(H,17,19). The maximum Gasteiger partial charge on any atom is 0.255 e. The van der Waals surface area contributed by atoms with Crippen LogP contribution in [0.3, 0.4) is 0 Å². The van der Waals surface area contributed by atoms with Crippen molar-refractivity contribution in [2.45, 2.75) is 25.8 Å². The van der Waals surface area contributed by atoms with Gasteiger partial charge in [0.05, 0.1) is 11.8 Å². The van der Waals surface area contributed by atoms with Crippen LogP contribution in [0.25, 0.3) is 0 Å². The molecule has 0 spiro atoms. The van der Waals surface area contributed by atoms with E-state index < -0.39 is 11.7 Å². The van der Waals surface area contributed by atoms with Crippen LogP contribution in [0, 0.1) is 5.82 Å². The highest BCUT2D eigenvalue weighted by molar-refractivity contribution is 5.96. The molecule has 20 heavy (non-hydrogen) atoms. The summed E-state index contributed by atoms with van der Waals surface area (Å²) in [6, 6.07) is 6.93. The highest BCUT2D eigenvalue weighted by Gasteiger charge is 2.14. The summed E-state index contributed by atoms with van der Waals surface area (Å²) in [5.41, 5.74) is 0.0660. The summed E-state index contributed by atoms with van der Waals surface area (Å²) in [5, 5.41) is 12.3. The van der Waals surface area contributed by atoms with E-state index in [0.29, 0.717) is 12.8 Å². The van der Waals surface area contributed by atoms with Crippen molar-refractivity contribution >= 4 is 5.91 Å². The molecule has 5 heteroatoms. The third kappa shape index (κ3) is 3.60. The fourth-order valence-corrected chi connectivity index (χ4v) is 1.88. The fourth-order valence-electron chi connectivity index (χ4n) is 1.88. The zero-order valence-corrected chi connectivity index (χ0v) is 11.1. The number of benzene rings is 1. The Labute approximate surface area is 116 Å². The lowest BCUT2D eigenvalue weighted by Crippen LogP contribution is -2.32. The van der Waals surface area contributed by atoms with Gasteiger partial charge in [0.1, 0.15) is 17.3 Å². The molecule has 1 unspecified atom stereocenters. The van der Waals surface area contributed by atoms with Crippen LogP contribution < -0.4 is 5.32 Å². The number of aryl methyl sites for hydroxylation is 1. The first-order valence-electron chi connectivity index (χ1n) is 6.38. The second-order valence-corrected chi connectivity index (χ2v) is 4.65. The summed E-state index contributed by atoms with van der Waals surface area (Å²) in [6.45, 7) is 1.86. The van der Waals surface area contributed by atoms with Gasteiger partial charge in [-0.15, -0.1) is 0 Å². The zero-order valence-electron chi connectivity index (χ0n) is 11.1. The fraction of sp³-hybridized carbons (Fsp3) is 0.267. The van der Waals surface area contributed by atoms with Gasteiger partial charge in [-0.1, -0.05) is 0 Å². The number of rotatable bonds is 5. The predicted octanol–water partition coefficient (Wildman–Crippen LogP) is 2.88. The van der Waals surface area contributed by atoms with E-state index >= 15 is 0 Å². The third-order valence-corrected chi connectivity index (χ3v) is 2.99. The first kappa shape index (κ1) is 14.1. The van der Waals surface area contributed by atoms with E-state index in [0.717, 1.165) is 17.9 Å². The van der Waals surface area contributed by atoms with E-state index in [4.69, 9.17) is 4.42 Å². The van der Waals surface area contributed by atoms with Crippen molar-refractivity contribution in [3.63, 3.8) is 0 Å². The molecule has 1 heterocycles. The molecule has 106 valence electrons. The Kier molecular flexibility index (Phi) is 4.40. The van der Waals surface area contributed by atoms with Crippen molar-refractivity contribution in [2.75, 3.05) is 0 Å². The number of hydrogen-bond donors (Lipinski definition) is 2. The Bertz CT molecular complexity index is 581. The topological polar surface area (TPSA) is 62.5 Å². The van der Waals surface area contributed by atoms with Gasteiger partial charge in [-0.2, -0.15) is 0 Å². The molecule has 1 atom stereocenters. The van der Waals surface area contributed by atoms with Crippen LogP contribution in [-0.2, 0) is 6.42 Å². The van der Waals surface area contributed by atoms with Crippen LogP contribution in [0.15, 0.2) is 41.0 Å². The number of phenolic OH excluding ortho intramolecular Hbond substituents is 1. The molecule has 0 saturated heterocycles. The number of phenols is 1. The van der Waals surface area contributed by atoms with E-state index in [1.165, 1.54) is 6.07 Å². The third-order valence-electron chi connectivity index (χ3n) is 2.99. The van der Waals surface area contributed by atoms with Gasteiger partial charge >= 0.3 is 0 Å². The summed E-state index contributed by atoms with van der Waals surface area (Å²) in [4.78, 5) is 11.9. The molecule has 1 aromatic carbocycles. The van der Waals surface area contributed by atoms with Crippen LogP contribution in [0.1, 0.15) is 29.5 Å². The molecule has 0 fully saturated rings. The minimum absolute atomic E-state index is 0.0660. The van der Waals surface area contributed by atoms with Gasteiger partial charge in [-0.05, 0) is 37.6 Å². The maximum absolute atomic E-state index is 12.8. The highest BCUT2D eigenvalue weighted by atomic mass is 19.1. The number of furan rings is 1. The minimum Gasteiger partial charge on any atom is -0.507 e. The number of carbonyl (C=O) groups excluding carboxylic acids is 1. The lowest BCUT2D eigenvalue weighted by Gasteiger charge is -2.13. The first-order chi connectivity index (χ1) is 9.56. The SMILES string of the molecule is CC(CCc1ccco1)NC(=O)c1ccc(F)cc1O. The van der Waals surface area contributed by atoms with Crippen LogP contribution in [0.2, 0.25) is 0 Å². The average molecular weight is 277 g/mol. The van der Waals surface area contributed by atoms with E-state index in [-0.39, 0.29) is 17.4 Å². The molecule has 4 nitrogen and oxygen atoms in total. The van der Waals surface area contributed by atoms with E-state index in [1.54, 1.807) is 6.26 Å². The average Bonchev–Trinajstić information content (AvgIpc) is 2.89. The number of hydrogen-bond acceptors (Lipinski definition) is 3. The van der Waals surface area contributed by atoms with E-state index in [9.17, 15) is 14.3 Å². The van der Waals surface area contributed by atoms with Gasteiger partial charge in [-0.25, -0.2) is 4.39 Å². The molecule has 1 amide bonds. The van der Waals surface area contributed by atoms with Crippen molar-refractivity contribution in [3.05, 3.63) is 53.7 Å². The lowest BCUT2D eigenvalue weighted by molar-refractivity contribution is 0.0935. The molecule has 2 rings (SSSR count). The molecule has 0 radical (unpaired) electrons. The van der Waals surface area contributed by atoms with Gasteiger partial charge in [0.2, 0.25) is 0 Å². The molecule has 1 aromatic heterocycles. The molecule has 0 aliphatic rings. The Balaban J connectivity index is 1.90. The summed E-state index contributed by atoms with van der Waals surface area (Å²) in [6.07, 6.45) is 3.03. The van der Waals surface area contributed by atoms with Gasteiger partial charge in [0.25, 0.3) is 5.91 Å². The smallest absolute Gasteiger partial charge is 0.255 e. The summed E-state index contributed by atoms with van der Waals surface area (Å²) in [5.74, 6) is -0.504. The summed E-state index contributed by atoms with van der Waals surface area (Å²) < 4.78 is 18.1. The Morgan fingerprint density at radius 2 is 2.25 bits per heavy atom. The van der Waals surface area contributed by atoms with E-state index in [1.807, 2.05) is 19.1 Å². The molecule has 2 N–H and O–H groups in total. The van der Waals surface area contributed by atoms with Crippen LogP contribution in [0.4, 0.5) is 4.39 Å². The minimum atomic E-state index is -0.579. The molecule has 0 aliphatic heterocycles. The molecule has 0 bridgehead atoms. The molecule has 0 aliphatic carbocycles. The first-order valence-corrected chi connectivity index (χ1v) is 6.38. The molecule has 2 aromatic rings. The number of aromatic hydroxyl groups is 1. The normalized spacial score (nSPS) is 12.1. The number of nitrogens with one attached hydrogen (secondary N) is 1. The maximum atomic E-state index is 12.8. The Morgan fingerprint density at radius 1 is 1.45 bits per heavy atom. The molecule has 0 saturated carbocycles. The summed E-state index contributed by atoms with van der Waals surface area (Å²) >= 11 is 0. The van der Waals surface area contributed by atoms with Gasteiger partial charge in [0.15, 0.2) is 0 Å². The van der Waals surface area contributed by atoms with Gasteiger partial charge in [0, 0.05) is 18.5 Å². The van der Waals surface area contributed by atoms with Crippen molar-refractivity contribution in [3.8, 4) is 5.75 Å². The largest absolute Gasteiger partial charge is 0.507 e. The number of carbonyl (C=O) groups is 1. The van der Waals surface area contributed by atoms with Crippen molar-refractivity contribution in [2.24, 2.45) is 0 Å². The van der Waals surface area contributed by atoms with Crippen LogP contribution in [0.5, 0.6) is 5.75 Å². The second-order valence-electron chi connectivity index (χ2n) is 4.65. The van der Waals surface area contributed by atoms with Crippen LogP contribution in [-0.4, -0.2) is 17.1 Å². The van der Waals surface area contributed by atoms with Crippen LogP contribution >= 0.6 is 0 Å². The monoisotopic (exact) mass is 277 g/mol. The van der Waals surface area contributed by atoms with Crippen molar-refractivity contribution < 1.29 is 18.7 Å². The Morgan fingerprint density at radius 3 is 2.90 bits per heavy atom. The number of amides is 1. The molecular weight excluding hydrogens is 261 g/mol. The summed E-state index contributed by atoms with van der Waals surface area (Å²) in [7, 11) is 0. The molecular formula is C15H16FNO3. The lowest BCUT2D eigenvalue weighted by atomic mass is 10.1. The van der Waals surface area contributed by atoms with Crippen molar-refractivity contribution in [1.82, 2.24) is 5.32 Å². The number of halogens is 1. The van der Waals surface area contributed by atoms with Gasteiger partial charge in [-0.3, -0.25) is 4.79 Å². The van der Waals surface area contributed by atoms with Crippen molar-refractivity contribution in [1.29, 1.82) is 0 Å². The predicted molar refractivity (Wildman–Crippen MR) is 72.0 cm³/mol. The zero-order chi connectivity index (χ0) is 14.5. The second kappa shape index (κ2) is 6.23. The van der Waals surface area contributed by atoms with Gasteiger partial charge < -0.3 is 14.8 Å². The quantitative estimate of drug-likeness (QED) is 0.883. The Hall–Kier alpha value is -2.30. The highest BCUT2D eigenvalue weighted by Crippen LogP contribution is 2.18. The van der Waals surface area contributed by atoms with E-state index in [2.05, 4.69) is 5.32 Å².